The summed E-state index contributed by atoms with van der Waals surface area (Å²) < 4.78 is 1.02. The largest absolute Gasteiger partial charge is 0.506 e. The lowest BCUT2D eigenvalue weighted by Crippen LogP contribution is -2.41. The Morgan fingerprint density at radius 1 is 1.11 bits per heavy atom. The topological polar surface area (TPSA) is 69.6 Å². The van der Waals surface area contributed by atoms with Gasteiger partial charge in [-0.25, -0.2) is 0 Å². The van der Waals surface area contributed by atoms with Gasteiger partial charge in [0, 0.05) is 29.9 Å². The third kappa shape index (κ3) is 5.32. The number of para-hydroxylation sites is 2. The number of hydrogen-bond donors (Lipinski definition) is 2. The zero-order valence-corrected chi connectivity index (χ0v) is 16.6. The second-order valence-corrected chi connectivity index (χ2v) is 7.71. The van der Waals surface area contributed by atoms with E-state index in [1.165, 1.54) is 0 Å². The first-order valence-electron chi connectivity index (χ1n) is 9.14. The molecule has 1 fully saturated rings. The fourth-order valence-electron chi connectivity index (χ4n) is 3.31. The summed E-state index contributed by atoms with van der Waals surface area (Å²) in [6.45, 7) is 1.19. The first-order chi connectivity index (χ1) is 13.0. The minimum absolute atomic E-state index is 0.0611. The number of carbonyl (C=O) groups excluding carboxylic acids is 2. The van der Waals surface area contributed by atoms with Crippen LogP contribution in [0.15, 0.2) is 53.0 Å². The van der Waals surface area contributed by atoms with Crippen molar-refractivity contribution in [2.45, 2.75) is 25.7 Å². The van der Waals surface area contributed by atoms with Crippen LogP contribution in [0.3, 0.4) is 0 Å². The molecule has 0 atom stereocenters. The third-order valence-corrected chi connectivity index (χ3v) is 5.39. The summed E-state index contributed by atoms with van der Waals surface area (Å²) in [5.74, 6) is -0.0444. The Balaban J connectivity index is 1.46. The fourth-order valence-corrected chi connectivity index (χ4v) is 3.75. The predicted octanol–water partition coefficient (Wildman–Crippen LogP) is 3.96. The molecule has 0 radical (unpaired) electrons. The number of likely N-dealkylation sites (tertiary alicyclic amines) is 1. The second-order valence-electron chi connectivity index (χ2n) is 6.79. The molecule has 0 aromatic heterocycles. The molecule has 27 heavy (non-hydrogen) atoms. The van der Waals surface area contributed by atoms with E-state index in [0.717, 1.165) is 10.0 Å². The molecule has 1 saturated heterocycles. The lowest BCUT2D eigenvalue weighted by molar-refractivity contribution is -0.134. The van der Waals surface area contributed by atoms with Gasteiger partial charge in [-0.15, -0.1) is 0 Å². The van der Waals surface area contributed by atoms with Crippen LogP contribution < -0.4 is 5.32 Å². The molecule has 1 aliphatic rings. The highest BCUT2D eigenvalue weighted by Gasteiger charge is 2.27. The zero-order valence-electron chi connectivity index (χ0n) is 15.0. The van der Waals surface area contributed by atoms with Crippen LogP contribution in [0.2, 0.25) is 0 Å². The molecule has 0 unspecified atom stereocenters. The van der Waals surface area contributed by atoms with Crippen LogP contribution in [0, 0.1) is 5.92 Å². The predicted molar refractivity (Wildman–Crippen MR) is 109 cm³/mol. The van der Waals surface area contributed by atoms with Crippen LogP contribution in [0.4, 0.5) is 5.69 Å². The van der Waals surface area contributed by atoms with Crippen molar-refractivity contribution < 1.29 is 14.7 Å². The van der Waals surface area contributed by atoms with E-state index in [4.69, 9.17) is 0 Å². The van der Waals surface area contributed by atoms with Gasteiger partial charge in [0.25, 0.3) is 0 Å². The Bertz CT molecular complexity index is 817. The second kappa shape index (κ2) is 9.04. The average Bonchev–Trinajstić information content (AvgIpc) is 2.68. The molecule has 0 spiro atoms. The van der Waals surface area contributed by atoms with E-state index in [2.05, 4.69) is 21.2 Å². The SMILES string of the molecule is O=C(Nc1ccccc1O)C1CCN(C(=O)CCc2cccc(Br)c2)CC1. The lowest BCUT2D eigenvalue weighted by Gasteiger charge is -2.31. The number of aryl methyl sites for hydroxylation is 1. The summed E-state index contributed by atoms with van der Waals surface area (Å²) in [6.07, 6.45) is 2.47. The molecular weight excluding hydrogens is 408 g/mol. The van der Waals surface area contributed by atoms with Gasteiger partial charge in [0.15, 0.2) is 0 Å². The van der Waals surface area contributed by atoms with E-state index < -0.39 is 0 Å². The standard InChI is InChI=1S/C21H23BrN2O3/c22-17-5-3-4-15(14-17)8-9-20(26)24-12-10-16(11-13-24)21(27)23-18-6-1-2-7-19(18)25/h1-7,14,16,25H,8-13H2,(H,23,27). The van der Waals surface area contributed by atoms with Gasteiger partial charge in [0.05, 0.1) is 5.69 Å². The molecular formula is C21H23BrN2O3. The van der Waals surface area contributed by atoms with Gasteiger partial charge >= 0.3 is 0 Å². The molecule has 0 aliphatic carbocycles. The number of benzene rings is 2. The fraction of sp³-hybridized carbons (Fsp3) is 0.333. The highest BCUT2D eigenvalue weighted by molar-refractivity contribution is 9.10. The maximum absolute atomic E-state index is 12.4. The maximum Gasteiger partial charge on any atom is 0.227 e. The molecule has 2 aromatic rings. The van der Waals surface area contributed by atoms with Crippen LogP contribution in [0.5, 0.6) is 5.75 Å². The first-order valence-corrected chi connectivity index (χ1v) is 9.93. The molecule has 5 nitrogen and oxygen atoms in total. The number of halogens is 1. The van der Waals surface area contributed by atoms with Crippen molar-refractivity contribution in [1.82, 2.24) is 4.90 Å². The molecule has 1 aliphatic heterocycles. The monoisotopic (exact) mass is 430 g/mol. The Hall–Kier alpha value is -2.34. The minimum Gasteiger partial charge on any atom is -0.506 e. The number of phenolic OH excluding ortho intramolecular Hbond substituents is 1. The van der Waals surface area contributed by atoms with Crippen LogP contribution in [-0.2, 0) is 16.0 Å². The molecule has 1 heterocycles. The average molecular weight is 431 g/mol. The summed E-state index contributed by atoms with van der Waals surface area (Å²) in [6, 6.07) is 14.7. The number of carbonyl (C=O) groups is 2. The number of hydrogen-bond acceptors (Lipinski definition) is 3. The van der Waals surface area contributed by atoms with Crippen molar-refractivity contribution in [3.63, 3.8) is 0 Å². The molecule has 0 saturated carbocycles. The minimum atomic E-state index is -0.140. The van der Waals surface area contributed by atoms with Crippen molar-refractivity contribution in [3.05, 3.63) is 58.6 Å². The van der Waals surface area contributed by atoms with Crippen molar-refractivity contribution in [2.24, 2.45) is 5.92 Å². The van der Waals surface area contributed by atoms with Gasteiger partial charge in [-0.05, 0) is 49.1 Å². The normalized spacial score (nSPS) is 14.8. The number of nitrogens with one attached hydrogen (secondary N) is 1. The third-order valence-electron chi connectivity index (χ3n) is 4.90. The van der Waals surface area contributed by atoms with E-state index in [0.29, 0.717) is 44.5 Å². The molecule has 142 valence electrons. The van der Waals surface area contributed by atoms with Gasteiger partial charge in [-0.1, -0.05) is 40.2 Å². The highest BCUT2D eigenvalue weighted by atomic mass is 79.9. The summed E-state index contributed by atoms with van der Waals surface area (Å²) >= 11 is 3.45. The molecule has 0 bridgehead atoms. The van der Waals surface area contributed by atoms with Crippen molar-refractivity contribution >= 4 is 33.4 Å². The smallest absolute Gasteiger partial charge is 0.227 e. The number of aromatic hydroxyl groups is 1. The quantitative estimate of drug-likeness (QED) is 0.705. The molecule has 2 N–H and O–H groups in total. The van der Waals surface area contributed by atoms with Crippen molar-refractivity contribution in [2.75, 3.05) is 18.4 Å². The maximum atomic E-state index is 12.4. The van der Waals surface area contributed by atoms with Crippen LogP contribution in [0.25, 0.3) is 0 Å². The van der Waals surface area contributed by atoms with Crippen LogP contribution in [0.1, 0.15) is 24.8 Å². The number of amides is 2. The lowest BCUT2D eigenvalue weighted by atomic mass is 9.95. The summed E-state index contributed by atoms with van der Waals surface area (Å²) in [5.41, 5.74) is 1.56. The van der Waals surface area contributed by atoms with Crippen LogP contribution >= 0.6 is 15.9 Å². The number of anilines is 1. The van der Waals surface area contributed by atoms with Gasteiger partial charge < -0.3 is 15.3 Å². The molecule has 3 rings (SSSR count). The Morgan fingerprint density at radius 3 is 2.56 bits per heavy atom. The van der Waals surface area contributed by atoms with Crippen molar-refractivity contribution in [1.29, 1.82) is 0 Å². The molecule has 2 amide bonds. The van der Waals surface area contributed by atoms with E-state index in [-0.39, 0.29) is 23.5 Å². The zero-order chi connectivity index (χ0) is 19.2. The van der Waals surface area contributed by atoms with E-state index in [1.54, 1.807) is 24.3 Å². The Morgan fingerprint density at radius 2 is 1.85 bits per heavy atom. The number of piperidine rings is 1. The Labute approximate surface area is 167 Å². The van der Waals surface area contributed by atoms with Gasteiger partial charge in [-0.2, -0.15) is 0 Å². The van der Waals surface area contributed by atoms with Crippen molar-refractivity contribution in [3.8, 4) is 5.75 Å². The molecule has 2 aromatic carbocycles. The summed E-state index contributed by atoms with van der Waals surface area (Å²) in [5, 5.41) is 12.6. The molecule has 6 heteroatoms. The van der Waals surface area contributed by atoms with E-state index in [1.807, 2.05) is 29.2 Å². The van der Waals surface area contributed by atoms with E-state index >= 15 is 0 Å². The first kappa shape index (κ1) is 19.4. The van der Waals surface area contributed by atoms with Gasteiger partial charge in [0.2, 0.25) is 11.8 Å². The van der Waals surface area contributed by atoms with Gasteiger partial charge in [-0.3, -0.25) is 9.59 Å². The van der Waals surface area contributed by atoms with Gasteiger partial charge in [0.1, 0.15) is 5.75 Å². The number of rotatable bonds is 5. The Kier molecular flexibility index (Phi) is 6.50. The number of phenols is 1. The summed E-state index contributed by atoms with van der Waals surface area (Å²) in [7, 11) is 0. The van der Waals surface area contributed by atoms with Crippen LogP contribution in [-0.4, -0.2) is 34.9 Å². The highest BCUT2D eigenvalue weighted by Crippen LogP contribution is 2.25. The summed E-state index contributed by atoms with van der Waals surface area (Å²) in [4.78, 5) is 26.7. The van der Waals surface area contributed by atoms with E-state index in [9.17, 15) is 14.7 Å². The number of nitrogens with zero attached hydrogens (tertiary/aromatic N) is 1.